The van der Waals surface area contributed by atoms with Crippen LogP contribution in [0.2, 0.25) is 10.0 Å². The minimum atomic E-state index is -2.98. The molecule has 0 saturated heterocycles. The molecule has 0 aromatic heterocycles. The predicted molar refractivity (Wildman–Crippen MR) is 167 cm³/mol. The zero-order valence-corrected chi connectivity index (χ0v) is 27.8. The number of hydrogen-bond acceptors (Lipinski definition) is 9. The van der Waals surface area contributed by atoms with Crippen LogP contribution in [0.4, 0.5) is 21.0 Å². The third-order valence-electron chi connectivity index (χ3n) is 4.48. The van der Waals surface area contributed by atoms with Crippen molar-refractivity contribution in [1.29, 1.82) is 0 Å². The van der Waals surface area contributed by atoms with Crippen molar-refractivity contribution in [2.75, 3.05) is 18.2 Å². The molecule has 16 heteroatoms. The maximum Gasteiger partial charge on any atom is 0.442 e. The number of nitro groups is 1. The van der Waals surface area contributed by atoms with E-state index in [1.54, 1.807) is 59.7 Å². The molecule has 2 aromatic rings. The minimum absolute atomic E-state index is 0.0378. The number of nitrogens with two attached hydrogens (primary N) is 1. The van der Waals surface area contributed by atoms with E-state index in [-0.39, 0.29) is 27.8 Å². The number of rotatable bonds is 5. The Morgan fingerprint density at radius 2 is 1.21 bits per heavy atom. The molecule has 2 rings (SSSR count). The van der Waals surface area contributed by atoms with Crippen LogP contribution in [-0.2, 0) is 40.4 Å². The largest absolute Gasteiger partial charge is 0.442 e. The van der Waals surface area contributed by atoms with Crippen molar-refractivity contribution in [3.8, 4) is 0 Å². The summed E-state index contributed by atoms with van der Waals surface area (Å²) in [5.41, 5.74) is 5.44. The van der Waals surface area contributed by atoms with Crippen molar-refractivity contribution in [3.05, 3.63) is 67.7 Å². The Balaban J connectivity index is 0.000000422. The van der Waals surface area contributed by atoms with Gasteiger partial charge in [-0.15, -0.1) is 8.73 Å². The Labute approximate surface area is 256 Å². The first kappa shape index (κ1) is 37.1. The highest BCUT2D eigenvalue weighted by Crippen LogP contribution is 2.25. The van der Waals surface area contributed by atoms with Gasteiger partial charge < -0.3 is 15.2 Å². The highest BCUT2D eigenvalue weighted by Gasteiger charge is 2.20. The van der Waals surface area contributed by atoms with Gasteiger partial charge in [0.15, 0.2) is 0 Å². The molecular formula is C26H36Cl2N4O8S2. The summed E-state index contributed by atoms with van der Waals surface area (Å²) in [4.78, 5) is 33.4. The SMILES string of the molecule is CC(C)(C)OC(=O)N=S(C)(=O)Cc1cc(N)ccc1Cl.CC(C)(C)OC(=O)N=S(C)(=O)Cc1cc([N+](=O)[O-])ccc1Cl. The molecule has 0 radical (unpaired) electrons. The second-order valence-corrected chi connectivity index (χ2v) is 16.8. The van der Waals surface area contributed by atoms with Gasteiger partial charge in [-0.3, -0.25) is 10.1 Å². The van der Waals surface area contributed by atoms with Gasteiger partial charge in [-0.05, 0) is 76.9 Å². The van der Waals surface area contributed by atoms with Crippen LogP contribution in [0.1, 0.15) is 52.7 Å². The van der Waals surface area contributed by atoms with Crippen LogP contribution in [0.15, 0.2) is 45.1 Å². The van der Waals surface area contributed by atoms with Crippen LogP contribution in [0.5, 0.6) is 0 Å². The molecule has 0 bridgehead atoms. The maximum atomic E-state index is 12.4. The zero-order valence-electron chi connectivity index (χ0n) is 24.6. The van der Waals surface area contributed by atoms with Crippen LogP contribution in [0, 0.1) is 10.1 Å². The Morgan fingerprint density at radius 1 is 0.833 bits per heavy atom. The van der Waals surface area contributed by atoms with Gasteiger partial charge in [-0.2, -0.15) is 0 Å². The van der Waals surface area contributed by atoms with Gasteiger partial charge in [0.05, 0.1) is 35.9 Å². The summed E-state index contributed by atoms with van der Waals surface area (Å²) in [6, 6.07) is 8.70. The molecule has 0 fully saturated rings. The van der Waals surface area contributed by atoms with Gasteiger partial charge in [-0.1, -0.05) is 23.2 Å². The third kappa shape index (κ3) is 14.8. The lowest BCUT2D eigenvalue weighted by Gasteiger charge is -2.17. The molecule has 2 unspecified atom stereocenters. The van der Waals surface area contributed by atoms with E-state index in [0.717, 1.165) is 0 Å². The summed E-state index contributed by atoms with van der Waals surface area (Å²) < 4.78 is 41.9. The molecule has 2 amide bonds. The molecule has 0 saturated carbocycles. The number of carbonyl (C=O) groups is 2. The Morgan fingerprint density at radius 3 is 1.60 bits per heavy atom. The first-order chi connectivity index (χ1) is 18.9. The van der Waals surface area contributed by atoms with E-state index in [1.807, 2.05) is 0 Å². The third-order valence-corrected chi connectivity index (χ3v) is 7.98. The highest BCUT2D eigenvalue weighted by molar-refractivity contribution is 7.92. The molecule has 2 aromatic carbocycles. The Hall–Kier alpha value is -2.94. The number of anilines is 1. The number of amides is 2. The number of non-ortho nitro benzene ring substituents is 1. The van der Waals surface area contributed by atoms with Crippen LogP contribution in [0.3, 0.4) is 0 Å². The first-order valence-corrected chi connectivity index (χ1v) is 17.1. The first-order valence-electron chi connectivity index (χ1n) is 12.2. The quantitative estimate of drug-likeness (QED) is 0.195. The number of ether oxygens (including phenoxy) is 2. The standard InChI is InChI=1S/C13H17ClN2O5S.C13H19ClN2O3S/c1-13(2,3)21-12(17)15-22(4,20)8-9-7-10(16(18)19)5-6-11(9)14;1-13(2,3)19-12(17)16-20(4,18)8-9-7-10(15)5-6-11(9)14/h5-7H,8H2,1-4H3;5-7H,8,15H2,1-4H3. The molecule has 0 heterocycles. The van der Waals surface area contributed by atoms with Crippen molar-refractivity contribution in [1.82, 2.24) is 0 Å². The van der Waals surface area contributed by atoms with E-state index in [1.165, 1.54) is 30.7 Å². The lowest BCUT2D eigenvalue weighted by molar-refractivity contribution is -0.384. The number of nitrogen functional groups attached to an aromatic ring is 1. The van der Waals surface area contributed by atoms with Gasteiger partial charge in [0.25, 0.3) is 5.69 Å². The summed E-state index contributed by atoms with van der Waals surface area (Å²) >= 11 is 12.0. The number of carbonyl (C=O) groups excluding carboxylic acids is 2. The van der Waals surface area contributed by atoms with E-state index in [4.69, 9.17) is 38.4 Å². The molecule has 12 nitrogen and oxygen atoms in total. The summed E-state index contributed by atoms with van der Waals surface area (Å²) in [5, 5.41) is 11.4. The van der Waals surface area contributed by atoms with Gasteiger partial charge >= 0.3 is 12.2 Å². The molecular weight excluding hydrogens is 631 g/mol. The fourth-order valence-corrected chi connectivity index (χ4v) is 6.00. The van der Waals surface area contributed by atoms with Crippen molar-refractivity contribution >= 4 is 66.2 Å². The molecule has 234 valence electrons. The van der Waals surface area contributed by atoms with E-state index in [2.05, 4.69) is 8.73 Å². The summed E-state index contributed by atoms with van der Waals surface area (Å²) in [7, 11) is -5.76. The lowest BCUT2D eigenvalue weighted by atomic mass is 10.2. The smallest absolute Gasteiger partial charge is 0.442 e. The second kappa shape index (κ2) is 14.5. The van der Waals surface area contributed by atoms with Crippen LogP contribution < -0.4 is 5.73 Å². The van der Waals surface area contributed by atoms with Crippen molar-refractivity contribution in [3.63, 3.8) is 0 Å². The van der Waals surface area contributed by atoms with Gasteiger partial charge in [0, 0.05) is 40.4 Å². The Kier molecular flexibility index (Phi) is 12.8. The molecule has 0 spiro atoms. The van der Waals surface area contributed by atoms with E-state index >= 15 is 0 Å². The molecule has 2 atom stereocenters. The number of hydrogen-bond donors (Lipinski definition) is 1. The van der Waals surface area contributed by atoms with E-state index < -0.39 is 47.8 Å². The van der Waals surface area contributed by atoms with Gasteiger partial charge in [0.2, 0.25) is 0 Å². The fourth-order valence-electron chi connectivity index (χ4n) is 3.01. The van der Waals surface area contributed by atoms with Crippen LogP contribution in [0.25, 0.3) is 0 Å². The predicted octanol–water partition coefficient (Wildman–Crippen LogP) is 7.24. The number of benzene rings is 2. The van der Waals surface area contributed by atoms with E-state index in [9.17, 15) is 28.1 Å². The summed E-state index contributed by atoms with van der Waals surface area (Å²) in [6.07, 6.45) is 0.870. The summed E-state index contributed by atoms with van der Waals surface area (Å²) in [6.45, 7) is 10.1. The normalized spacial score (nSPS) is 14.2. The van der Waals surface area contributed by atoms with Gasteiger partial charge in [0.1, 0.15) is 11.2 Å². The molecule has 42 heavy (non-hydrogen) atoms. The fraction of sp³-hybridized carbons (Fsp3) is 0.462. The lowest BCUT2D eigenvalue weighted by Crippen LogP contribution is -2.22. The van der Waals surface area contributed by atoms with Crippen molar-refractivity contribution in [2.45, 2.75) is 64.3 Å². The topological polar surface area (TPSA) is 181 Å². The van der Waals surface area contributed by atoms with Crippen LogP contribution >= 0.6 is 23.2 Å². The van der Waals surface area contributed by atoms with Crippen molar-refractivity contribution < 1.29 is 32.4 Å². The number of halogens is 2. The average molecular weight is 668 g/mol. The highest BCUT2D eigenvalue weighted by atomic mass is 35.5. The summed E-state index contributed by atoms with van der Waals surface area (Å²) in [5.74, 6) is -0.150. The number of nitro benzene ring substituents is 1. The second-order valence-electron chi connectivity index (χ2n) is 11.2. The molecule has 0 aliphatic heterocycles. The monoisotopic (exact) mass is 666 g/mol. The molecule has 2 N–H and O–H groups in total. The van der Waals surface area contributed by atoms with Crippen molar-refractivity contribution in [2.24, 2.45) is 8.73 Å². The zero-order chi connectivity index (χ0) is 32.7. The average Bonchev–Trinajstić information content (AvgIpc) is 2.74. The number of nitrogens with zero attached hydrogens (tertiary/aromatic N) is 3. The van der Waals surface area contributed by atoms with E-state index in [0.29, 0.717) is 16.3 Å². The Bertz CT molecular complexity index is 1580. The molecule has 0 aliphatic rings. The van der Waals surface area contributed by atoms with Crippen LogP contribution in [-0.4, -0.2) is 49.2 Å². The van der Waals surface area contributed by atoms with Gasteiger partial charge in [-0.25, -0.2) is 18.0 Å². The maximum absolute atomic E-state index is 12.4. The molecule has 0 aliphatic carbocycles. The minimum Gasteiger partial charge on any atom is -0.442 e.